The number of fused-ring (bicyclic) bond motifs is 2. The van der Waals surface area contributed by atoms with Crippen molar-refractivity contribution in [1.29, 1.82) is 0 Å². The number of hydrogen-bond donors (Lipinski definition) is 2. The standard InChI is InChI=1S/C20H23N4O3/c25-24(26)18-8-3-7-17-19(18)20(15-5-1-2-6-16(15)22-17)21-9-4-10-23-11-13-27-14-12-23/h1-3,5-8,21-22H,4,9-14H2/q-1. The summed E-state index contributed by atoms with van der Waals surface area (Å²) in [6.07, 6.45) is 0.967. The number of benzene rings is 2. The van der Waals surface area contributed by atoms with E-state index in [1.54, 1.807) is 12.1 Å². The van der Waals surface area contributed by atoms with Crippen LogP contribution in [0.3, 0.4) is 0 Å². The highest BCUT2D eigenvalue weighted by Gasteiger charge is 2.17. The zero-order valence-corrected chi connectivity index (χ0v) is 15.1. The maximum atomic E-state index is 11.6. The Balaban J connectivity index is 1.65. The van der Waals surface area contributed by atoms with Crippen molar-refractivity contribution in [1.82, 2.24) is 14.8 Å². The summed E-state index contributed by atoms with van der Waals surface area (Å²) in [7, 11) is 0. The number of hydrogen-bond acceptors (Lipinski definition) is 5. The van der Waals surface area contributed by atoms with E-state index in [0.29, 0.717) is 5.56 Å². The van der Waals surface area contributed by atoms with E-state index >= 15 is 0 Å². The Kier molecular flexibility index (Phi) is 5.13. The van der Waals surface area contributed by atoms with Gasteiger partial charge >= 0.3 is 0 Å². The Bertz CT molecular complexity index is 959. The summed E-state index contributed by atoms with van der Waals surface area (Å²) >= 11 is 0. The number of anilines is 1. The summed E-state index contributed by atoms with van der Waals surface area (Å²) < 4.78 is 5.38. The molecule has 0 unspecified atom stereocenters. The number of pyridine rings is 1. The lowest BCUT2D eigenvalue weighted by molar-refractivity contribution is 0.0378. The number of nitrogens with zero attached hydrogens (tertiary/aromatic N) is 2. The molecule has 0 bridgehead atoms. The first kappa shape index (κ1) is 17.6. The van der Waals surface area contributed by atoms with E-state index in [2.05, 4.69) is 15.2 Å². The van der Waals surface area contributed by atoms with E-state index < -0.39 is 0 Å². The molecule has 1 aromatic carbocycles. The number of rotatable bonds is 5. The van der Waals surface area contributed by atoms with Gasteiger partial charge in [-0.25, -0.2) is 0 Å². The Morgan fingerprint density at radius 3 is 2.70 bits per heavy atom. The SMILES string of the molecule is [O-][N+]([O-])=c1cccc2[nH]c3ccccc3c(NCCCN3CCOCC3)c1-2. The molecule has 2 aliphatic heterocycles. The highest BCUT2D eigenvalue weighted by molar-refractivity contribution is 6.00. The van der Waals surface area contributed by atoms with Crippen molar-refractivity contribution in [2.75, 3.05) is 44.7 Å². The second kappa shape index (κ2) is 7.85. The van der Waals surface area contributed by atoms with Crippen molar-refractivity contribution in [2.45, 2.75) is 6.42 Å². The van der Waals surface area contributed by atoms with Crippen molar-refractivity contribution >= 4 is 16.6 Å². The summed E-state index contributed by atoms with van der Waals surface area (Å²) in [6.45, 7) is 5.28. The number of aromatic nitrogens is 1. The van der Waals surface area contributed by atoms with Crippen LogP contribution in [0.15, 0.2) is 42.5 Å². The average Bonchev–Trinajstić information content (AvgIpc) is 2.70. The van der Waals surface area contributed by atoms with Gasteiger partial charge in [0.05, 0.1) is 30.2 Å². The molecule has 1 aromatic rings. The lowest BCUT2D eigenvalue weighted by Gasteiger charge is -2.26. The van der Waals surface area contributed by atoms with Crippen LogP contribution in [0.5, 0.6) is 0 Å². The lowest BCUT2D eigenvalue weighted by Crippen LogP contribution is -2.37. The van der Waals surface area contributed by atoms with Gasteiger partial charge < -0.3 is 25.5 Å². The van der Waals surface area contributed by atoms with Crippen molar-refractivity contribution in [3.8, 4) is 11.3 Å². The molecule has 7 heteroatoms. The highest BCUT2D eigenvalue weighted by Crippen LogP contribution is 2.32. The molecule has 27 heavy (non-hydrogen) atoms. The predicted molar refractivity (Wildman–Crippen MR) is 107 cm³/mol. The Labute approximate surface area is 157 Å². The van der Waals surface area contributed by atoms with Crippen LogP contribution in [-0.4, -0.2) is 49.3 Å². The fourth-order valence-electron chi connectivity index (χ4n) is 3.67. The number of nitrogens with one attached hydrogen (secondary N) is 2. The summed E-state index contributed by atoms with van der Waals surface area (Å²) in [5.41, 5.74) is 3.18. The van der Waals surface area contributed by atoms with Gasteiger partial charge in [-0.2, -0.15) is 4.90 Å². The third-order valence-corrected chi connectivity index (χ3v) is 5.01. The fourth-order valence-corrected chi connectivity index (χ4v) is 3.67. The van der Waals surface area contributed by atoms with Gasteiger partial charge in [0, 0.05) is 36.6 Å². The van der Waals surface area contributed by atoms with E-state index in [-0.39, 0.29) is 10.3 Å². The van der Waals surface area contributed by atoms with Crippen LogP contribution < -0.4 is 15.6 Å². The molecule has 0 radical (unpaired) electrons. The topological polar surface area (TPSA) is 89.4 Å². The van der Waals surface area contributed by atoms with Gasteiger partial charge in [0.1, 0.15) is 0 Å². The van der Waals surface area contributed by atoms with E-state index in [9.17, 15) is 10.4 Å². The number of ether oxygens (including phenoxy) is 1. The van der Waals surface area contributed by atoms with Crippen molar-refractivity contribution in [3.05, 3.63) is 58.2 Å². The normalized spacial score (nSPS) is 15.3. The number of para-hydroxylation sites is 1. The van der Waals surface area contributed by atoms with E-state index in [1.165, 1.54) is 0 Å². The average molecular weight is 367 g/mol. The molecule has 0 aromatic heterocycles. The molecule has 4 rings (SSSR count). The van der Waals surface area contributed by atoms with E-state index in [4.69, 9.17) is 4.74 Å². The molecule has 0 spiro atoms. The van der Waals surface area contributed by atoms with Crippen LogP contribution in [0.1, 0.15) is 6.42 Å². The van der Waals surface area contributed by atoms with Crippen LogP contribution in [-0.2, 0) is 4.74 Å². The third kappa shape index (κ3) is 3.70. The van der Waals surface area contributed by atoms with Crippen LogP contribution in [0.2, 0.25) is 0 Å². The van der Waals surface area contributed by atoms with Crippen molar-refractivity contribution in [3.63, 3.8) is 0 Å². The van der Waals surface area contributed by atoms with E-state index in [0.717, 1.165) is 68.1 Å². The van der Waals surface area contributed by atoms with Gasteiger partial charge in [0.15, 0.2) is 0 Å². The molecule has 7 nitrogen and oxygen atoms in total. The quantitative estimate of drug-likeness (QED) is 0.410. The minimum Gasteiger partial charge on any atom is -0.612 e. The molecule has 1 saturated heterocycles. The first-order valence-corrected chi connectivity index (χ1v) is 9.29. The number of H-pyrrole nitrogens is 1. The second-order valence-corrected chi connectivity index (χ2v) is 6.74. The number of morpholine rings is 1. The summed E-state index contributed by atoms with van der Waals surface area (Å²) in [6, 6.07) is 13.1. The van der Waals surface area contributed by atoms with Gasteiger partial charge in [-0.05, 0) is 25.1 Å². The Hall–Kier alpha value is -2.77. The highest BCUT2D eigenvalue weighted by atomic mass is 16.8. The summed E-state index contributed by atoms with van der Waals surface area (Å²) in [4.78, 5) is 5.40. The first-order chi connectivity index (χ1) is 13.2. The minimum atomic E-state index is -0.316. The van der Waals surface area contributed by atoms with Crippen LogP contribution >= 0.6 is 0 Å². The minimum absolute atomic E-state index is 0.116. The van der Waals surface area contributed by atoms with Crippen LogP contribution in [0.25, 0.3) is 22.2 Å². The Morgan fingerprint density at radius 1 is 1.07 bits per heavy atom. The Morgan fingerprint density at radius 2 is 1.89 bits per heavy atom. The maximum Gasteiger partial charge on any atom is 0.234 e. The molecule has 1 aliphatic carbocycles. The lowest BCUT2D eigenvalue weighted by atomic mass is 10.0. The summed E-state index contributed by atoms with van der Waals surface area (Å²) in [5, 5.41) is 27.7. The maximum absolute atomic E-state index is 11.6. The van der Waals surface area contributed by atoms with Gasteiger partial charge in [-0.1, -0.05) is 24.3 Å². The summed E-state index contributed by atoms with van der Waals surface area (Å²) in [5.74, 6) is 0. The zero-order valence-electron chi connectivity index (χ0n) is 15.1. The van der Waals surface area contributed by atoms with Gasteiger partial charge in [-0.15, -0.1) is 0 Å². The van der Waals surface area contributed by atoms with Gasteiger partial charge in [0.2, 0.25) is 5.36 Å². The monoisotopic (exact) mass is 367 g/mol. The molecule has 0 atom stereocenters. The van der Waals surface area contributed by atoms with Gasteiger partial charge in [0.25, 0.3) is 0 Å². The van der Waals surface area contributed by atoms with Crippen LogP contribution in [0.4, 0.5) is 5.69 Å². The van der Waals surface area contributed by atoms with Gasteiger partial charge in [-0.3, -0.25) is 4.90 Å². The molecule has 2 heterocycles. The molecule has 142 valence electrons. The smallest absolute Gasteiger partial charge is 0.234 e. The van der Waals surface area contributed by atoms with Crippen molar-refractivity contribution in [2.24, 2.45) is 0 Å². The fraction of sp³-hybridized carbons (Fsp3) is 0.350. The largest absolute Gasteiger partial charge is 0.612 e. The molecule has 0 amide bonds. The molecular formula is C20H23N4O3-. The third-order valence-electron chi connectivity index (χ3n) is 5.01. The first-order valence-electron chi connectivity index (χ1n) is 9.29. The number of aromatic amines is 1. The second-order valence-electron chi connectivity index (χ2n) is 6.74. The van der Waals surface area contributed by atoms with E-state index in [1.807, 2.05) is 30.3 Å². The molecule has 0 saturated carbocycles. The predicted octanol–water partition coefficient (Wildman–Crippen LogP) is 2.17. The molecular weight excluding hydrogens is 344 g/mol. The molecule has 3 aliphatic rings. The van der Waals surface area contributed by atoms with Crippen LogP contribution in [0, 0.1) is 10.4 Å². The zero-order chi connectivity index (χ0) is 18.6. The molecule has 1 fully saturated rings. The van der Waals surface area contributed by atoms with Crippen molar-refractivity contribution < 1.29 is 4.74 Å². The molecule has 2 N–H and O–H groups in total.